The lowest BCUT2D eigenvalue weighted by molar-refractivity contribution is 0.409. The Labute approximate surface area is 87.1 Å². The van der Waals surface area contributed by atoms with E-state index in [1.165, 1.54) is 0 Å². The molecule has 1 heterocycles. The average molecular weight is 208 g/mol. The lowest BCUT2D eigenvalue weighted by Gasteiger charge is -2.10. The van der Waals surface area contributed by atoms with Crippen molar-refractivity contribution in [3.8, 4) is 5.75 Å². The van der Waals surface area contributed by atoms with E-state index in [2.05, 4.69) is 16.6 Å². The van der Waals surface area contributed by atoms with Gasteiger partial charge in [0.15, 0.2) is 6.34 Å². The highest BCUT2D eigenvalue weighted by Gasteiger charge is 2.02. The highest BCUT2D eigenvalue weighted by Crippen LogP contribution is 2.17. The van der Waals surface area contributed by atoms with Crippen LogP contribution in [0.25, 0.3) is 0 Å². The van der Waals surface area contributed by atoms with Gasteiger partial charge >= 0.3 is 0 Å². The largest absolute Gasteiger partial charge is 0.458 e. The summed E-state index contributed by atoms with van der Waals surface area (Å²) in [5.74, 6) is 1.51. The first-order valence-corrected chi connectivity index (χ1v) is 4.52. The Morgan fingerprint density at radius 1 is 1.36 bits per heavy atom. The van der Waals surface area contributed by atoms with E-state index in [-0.39, 0.29) is 0 Å². The van der Waals surface area contributed by atoms with Gasteiger partial charge in [-0.1, -0.05) is 11.6 Å². The zero-order valence-electron chi connectivity index (χ0n) is 7.33. The van der Waals surface area contributed by atoms with Crippen molar-refractivity contribution in [1.29, 1.82) is 0 Å². The van der Waals surface area contributed by atoms with E-state index < -0.39 is 0 Å². The molecule has 0 spiro atoms. The monoisotopic (exact) mass is 207 g/mol. The van der Waals surface area contributed by atoms with Crippen molar-refractivity contribution in [1.82, 2.24) is 5.32 Å². The van der Waals surface area contributed by atoms with Crippen LogP contribution < -0.4 is 10.1 Å². The SMILES string of the molecule is Clc1ccc(OC2=CN=[C]NC2)cc1. The molecule has 0 aromatic heterocycles. The van der Waals surface area contributed by atoms with Crippen molar-refractivity contribution in [3.63, 3.8) is 0 Å². The molecule has 0 saturated heterocycles. The van der Waals surface area contributed by atoms with Crippen molar-refractivity contribution < 1.29 is 4.74 Å². The second-order valence-electron chi connectivity index (χ2n) is 2.75. The van der Waals surface area contributed by atoms with Crippen LogP contribution in [0.2, 0.25) is 5.02 Å². The van der Waals surface area contributed by atoms with Crippen LogP contribution in [-0.4, -0.2) is 12.9 Å². The summed E-state index contributed by atoms with van der Waals surface area (Å²) >= 11 is 5.74. The molecule has 71 valence electrons. The summed E-state index contributed by atoms with van der Waals surface area (Å²) < 4.78 is 5.52. The molecule has 0 atom stereocenters. The number of hydrogen-bond acceptors (Lipinski definition) is 3. The number of hydrogen-bond donors (Lipinski definition) is 1. The van der Waals surface area contributed by atoms with Gasteiger partial charge in [-0.05, 0) is 24.3 Å². The molecular weight excluding hydrogens is 200 g/mol. The summed E-state index contributed by atoms with van der Waals surface area (Å²) in [6.07, 6.45) is 4.24. The number of ether oxygens (including phenoxy) is 1. The molecule has 1 aromatic carbocycles. The standard InChI is InChI=1S/C10H8ClN2O/c11-8-1-3-9(4-2-8)14-10-5-12-7-13-6-10/h1-5H,6H2,(H,12,13). The van der Waals surface area contributed by atoms with Crippen LogP contribution in [-0.2, 0) is 0 Å². The first-order chi connectivity index (χ1) is 6.84. The first kappa shape index (κ1) is 9.09. The van der Waals surface area contributed by atoms with E-state index in [0.29, 0.717) is 11.6 Å². The van der Waals surface area contributed by atoms with E-state index in [4.69, 9.17) is 16.3 Å². The number of benzene rings is 1. The summed E-state index contributed by atoms with van der Waals surface area (Å²) in [4.78, 5) is 3.80. The number of rotatable bonds is 2. The summed E-state index contributed by atoms with van der Waals surface area (Å²) in [7, 11) is 0. The third kappa shape index (κ3) is 2.26. The van der Waals surface area contributed by atoms with Gasteiger partial charge < -0.3 is 10.1 Å². The molecule has 0 bridgehead atoms. The maximum atomic E-state index is 5.74. The van der Waals surface area contributed by atoms with Crippen LogP contribution in [0.15, 0.2) is 41.2 Å². The number of halogens is 1. The van der Waals surface area contributed by atoms with Gasteiger partial charge in [0, 0.05) is 5.02 Å². The molecule has 0 fully saturated rings. The zero-order chi connectivity index (χ0) is 9.80. The van der Waals surface area contributed by atoms with E-state index >= 15 is 0 Å². The highest BCUT2D eigenvalue weighted by atomic mass is 35.5. The lowest BCUT2D eigenvalue weighted by atomic mass is 10.3. The van der Waals surface area contributed by atoms with Crippen LogP contribution >= 0.6 is 11.6 Å². The maximum absolute atomic E-state index is 5.74. The Balaban J connectivity index is 2.07. The molecule has 0 amide bonds. The van der Waals surface area contributed by atoms with Crippen LogP contribution in [0, 0.1) is 0 Å². The van der Waals surface area contributed by atoms with E-state index in [1.54, 1.807) is 18.3 Å². The van der Waals surface area contributed by atoms with Gasteiger partial charge in [0.05, 0.1) is 12.7 Å². The Morgan fingerprint density at radius 3 is 2.79 bits per heavy atom. The van der Waals surface area contributed by atoms with Gasteiger partial charge in [0.25, 0.3) is 0 Å². The molecule has 0 saturated carbocycles. The minimum Gasteiger partial charge on any atom is -0.458 e. The van der Waals surface area contributed by atoms with E-state index in [9.17, 15) is 0 Å². The molecule has 1 aliphatic heterocycles. The first-order valence-electron chi connectivity index (χ1n) is 4.15. The lowest BCUT2D eigenvalue weighted by Crippen LogP contribution is -2.20. The molecule has 1 aliphatic rings. The quantitative estimate of drug-likeness (QED) is 0.806. The van der Waals surface area contributed by atoms with Crippen LogP contribution in [0.1, 0.15) is 0 Å². The van der Waals surface area contributed by atoms with Crippen molar-refractivity contribution in [2.45, 2.75) is 0 Å². The minimum atomic E-state index is 0.603. The topological polar surface area (TPSA) is 33.6 Å². The van der Waals surface area contributed by atoms with Gasteiger partial charge in [-0.15, -0.1) is 0 Å². The Kier molecular flexibility index (Phi) is 2.70. The fourth-order valence-electron chi connectivity index (χ4n) is 1.04. The summed E-state index contributed by atoms with van der Waals surface area (Å²) in [5.41, 5.74) is 0. The van der Waals surface area contributed by atoms with Gasteiger partial charge in [0.2, 0.25) is 0 Å². The molecule has 0 aliphatic carbocycles. The molecule has 1 N–H and O–H groups in total. The van der Waals surface area contributed by atoms with Crippen LogP contribution in [0.4, 0.5) is 0 Å². The molecule has 1 radical (unpaired) electrons. The molecule has 4 heteroatoms. The third-order valence-electron chi connectivity index (χ3n) is 1.68. The molecule has 14 heavy (non-hydrogen) atoms. The molecule has 0 unspecified atom stereocenters. The number of aliphatic imine (C=N–C) groups is 1. The molecular formula is C10H8ClN2O. The van der Waals surface area contributed by atoms with Gasteiger partial charge in [-0.2, -0.15) is 0 Å². The van der Waals surface area contributed by atoms with Crippen LogP contribution in [0.3, 0.4) is 0 Å². The normalized spacial score (nSPS) is 14.5. The van der Waals surface area contributed by atoms with E-state index in [1.807, 2.05) is 12.1 Å². The Morgan fingerprint density at radius 2 is 2.14 bits per heavy atom. The minimum absolute atomic E-state index is 0.603. The van der Waals surface area contributed by atoms with Crippen LogP contribution in [0.5, 0.6) is 5.75 Å². The molecule has 3 nitrogen and oxygen atoms in total. The van der Waals surface area contributed by atoms with E-state index in [0.717, 1.165) is 11.5 Å². The highest BCUT2D eigenvalue weighted by molar-refractivity contribution is 6.30. The number of nitrogens with one attached hydrogen (secondary N) is 1. The second-order valence-corrected chi connectivity index (χ2v) is 3.18. The van der Waals surface area contributed by atoms with Crippen molar-refractivity contribution in [3.05, 3.63) is 41.2 Å². The summed E-state index contributed by atoms with van der Waals surface area (Å²) in [6.45, 7) is 0.603. The molecule has 2 rings (SSSR count). The predicted octanol–water partition coefficient (Wildman–Crippen LogP) is 2.07. The predicted molar refractivity (Wildman–Crippen MR) is 55.6 cm³/mol. The number of nitrogens with zero attached hydrogens (tertiary/aromatic N) is 1. The smallest absolute Gasteiger partial charge is 0.169 e. The van der Waals surface area contributed by atoms with Crippen molar-refractivity contribution in [2.24, 2.45) is 4.99 Å². The zero-order valence-corrected chi connectivity index (χ0v) is 8.08. The van der Waals surface area contributed by atoms with Gasteiger partial charge in [0.1, 0.15) is 11.5 Å². The van der Waals surface area contributed by atoms with Crippen molar-refractivity contribution in [2.75, 3.05) is 6.54 Å². The van der Waals surface area contributed by atoms with Crippen molar-refractivity contribution >= 4 is 17.9 Å². The average Bonchev–Trinajstić information content (AvgIpc) is 2.23. The third-order valence-corrected chi connectivity index (χ3v) is 1.93. The van der Waals surface area contributed by atoms with Gasteiger partial charge in [-0.3, -0.25) is 0 Å². The molecule has 1 aromatic rings. The second kappa shape index (κ2) is 4.15. The Bertz CT molecular complexity index is 370. The maximum Gasteiger partial charge on any atom is 0.169 e. The summed E-state index contributed by atoms with van der Waals surface area (Å²) in [5, 5.41) is 3.52. The fraction of sp³-hybridized carbons (Fsp3) is 0.100. The van der Waals surface area contributed by atoms with Gasteiger partial charge in [-0.25, -0.2) is 4.99 Å². The fourth-order valence-corrected chi connectivity index (χ4v) is 1.16. The summed E-state index contributed by atoms with van der Waals surface area (Å²) in [6, 6.07) is 7.18. The Hall–Kier alpha value is -1.48.